The van der Waals surface area contributed by atoms with Crippen LogP contribution in [-0.4, -0.2) is 22.5 Å². The molecule has 0 spiro atoms. The van der Waals surface area contributed by atoms with Crippen LogP contribution in [0.25, 0.3) is 11.1 Å². The normalized spacial score (nSPS) is 13.4. The molecule has 0 amide bonds. The summed E-state index contributed by atoms with van der Waals surface area (Å²) >= 11 is 0. The van der Waals surface area contributed by atoms with Gasteiger partial charge in [-0.25, -0.2) is 4.39 Å². The second-order valence-corrected chi connectivity index (χ2v) is 8.94. The quantitative estimate of drug-likeness (QED) is 0.499. The Labute approximate surface area is 189 Å². The van der Waals surface area contributed by atoms with Crippen LogP contribution >= 0.6 is 0 Å². The summed E-state index contributed by atoms with van der Waals surface area (Å²) in [6.45, 7) is 8.91. The maximum atomic E-state index is 13.4. The second-order valence-electron chi connectivity index (χ2n) is 8.94. The number of aliphatic carboxylic acids is 1. The maximum Gasteiger partial charge on any atom is 0.307 e. The molecule has 32 heavy (non-hydrogen) atoms. The van der Waals surface area contributed by atoms with Gasteiger partial charge in [-0.1, -0.05) is 42.0 Å². The first kappa shape index (κ1) is 22.2. The van der Waals surface area contributed by atoms with Crippen molar-refractivity contribution in [2.75, 3.05) is 6.54 Å². The van der Waals surface area contributed by atoms with Gasteiger partial charge >= 0.3 is 5.97 Å². The number of hydrogen-bond donors (Lipinski definition) is 1. The van der Waals surface area contributed by atoms with E-state index in [2.05, 4.69) is 49.9 Å². The number of carboxylic acids is 1. The van der Waals surface area contributed by atoms with Gasteiger partial charge in [0.1, 0.15) is 5.82 Å². The van der Waals surface area contributed by atoms with Crippen LogP contribution in [0.3, 0.4) is 0 Å². The van der Waals surface area contributed by atoms with Crippen LogP contribution in [0.4, 0.5) is 4.39 Å². The first-order valence-electron chi connectivity index (χ1n) is 11.2. The number of carboxylic acid groups (broad SMARTS) is 1. The van der Waals surface area contributed by atoms with E-state index in [4.69, 9.17) is 0 Å². The van der Waals surface area contributed by atoms with Gasteiger partial charge in [-0.2, -0.15) is 0 Å². The van der Waals surface area contributed by atoms with E-state index in [9.17, 15) is 14.3 Å². The van der Waals surface area contributed by atoms with E-state index in [1.54, 1.807) is 12.1 Å². The Balaban J connectivity index is 1.60. The molecule has 1 aliphatic rings. The topological polar surface area (TPSA) is 40.5 Å². The number of carbonyl (C=O) groups is 1. The molecule has 3 aromatic carbocycles. The molecular formula is C28H30FNO2. The van der Waals surface area contributed by atoms with Crippen LogP contribution < -0.4 is 0 Å². The smallest absolute Gasteiger partial charge is 0.307 e. The van der Waals surface area contributed by atoms with Crippen LogP contribution in [-0.2, 0) is 30.7 Å². The molecule has 0 aliphatic carbocycles. The number of hydrogen-bond acceptors (Lipinski definition) is 2. The van der Waals surface area contributed by atoms with Crippen molar-refractivity contribution >= 4 is 5.97 Å². The summed E-state index contributed by atoms with van der Waals surface area (Å²) in [6, 6.07) is 15.2. The number of aryl methyl sites for hydroxylation is 2. The molecule has 0 atom stereocenters. The lowest BCUT2D eigenvalue weighted by molar-refractivity contribution is -0.136. The van der Waals surface area contributed by atoms with Crippen molar-refractivity contribution in [3.63, 3.8) is 0 Å². The average molecular weight is 432 g/mol. The highest BCUT2D eigenvalue weighted by Gasteiger charge is 2.27. The van der Waals surface area contributed by atoms with Gasteiger partial charge in [0.05, 0.1) is 6.42 Å². The van der Waals surface area contributed by atoms with Crippen LogP contribution in [0, 0.1) is 26.6 Å². The Hall–Kier alpha value is -2.98. The number of rotatable bonds is 7. The number of benzene rings is 3. The van der Waals surface area contributed by atoms with Crippen LogP contribution in [0.5, 0.6) is 0 Å². The standard InChI is InChI=1S/C28H30FNO2/c1-18-9-11-22(12-10-18)28-20(3)26-17-30(13-5-7-21-6-4-8-23(29)14-21)16-25(26)19(2)24(28)15-27(31)32/h4,6,8-12,14H,5,7,13,15-17H2,1-3H3,(H,31,32). The van der Waals surface area contributed by atoms with E-state index in [0.29, 0.717) is 0 Å². The van der Waals surface area contributed by atoms with Gasteiger partial charge in [0.25, 0.3) is 0 Å². The molecular weight excluding hydrogens is 401 g/mol. The summed E-state index contributed by atoms with van der Waals surface area (Å²) in [7, 11) is 0. The summed E-state index contributed by atoms with van der Waals surface area (Å²) < 4.78 is 13.4. The van der Waals surface area contributed by atoms with Crippen molar-refractivity contribution in [3.05, 3.63) is 93.3 Å². The number of halogens is 1. The van der Waals surface area contributed by atoms with Crippen LogP contribution in [0.15, 0.2) is 48.5 Å². The average Bonchev–Trinajstić information content (AvgIpc) is 3.18. The molecule has 0 radical (unpaired) electrons. The van der Waals surface area contributed by atoms with E-state index in [1.165, 1.54) is 28.3 Å². The van der Waals surface area contributed by atoms with Crippen molar-refractivity contribution < 1.29 is 14.3 Å². The zero-order valence-corrected chi connectivity index (χ0v) is 19.0. The Bertz CT molecular complexity index is 1150. The minimum absolute atomic E-state index is 0.0305. The molecule has 0 aromatic heterocycles. The van der Waals surface area contributed by atoms with Crippen molar-refractivity contribution in [3.8, 4) is 11.1 Å². The third-order valence-electron chi connectivity index (χ3n) is 6.66. The van der Waals surface area contributed by atoms with Gasteiger partial charge in [-0.05, 0) is 96.8 Å². The molecule has 1 aliphatic heterocycles. The third kappa shape index (κ3) is 4.61. The van der Waals surface area contributed by atoms with E-state index in [-0.39, 0.29) is 12.2 Å². The molecule has 4 rings (SSSR count). The summed E-state index contributed by atoms with van der Waals surface area (Å²) in [5, 5.41) is 9.61. The molecule has 0 saturated heterocycles. The van der Waals surface area contributed by atoms with Gasteiger partial charge in [0.2, 0.25) is 0 Å². The fourth-order valence-corrected chi connectivity index (χ4v) is 4.97. The molecule has 166 valence electrons. The molecule has 0 bridgehead atoms. The van der Waals surface area contributed by atoms with Crippen molar-refractivity contribution in [2.24, 2.45) is 0 Å². The van der Waals surface area contributed by atoms with E-state index < -0.39 is 5.97 Å². The highest BCUT2D eigenvalue weighted by Crippen LogP contribution is 2.39. The lowest BCUT2D eigenvalue weighted by Gasteiger charge is -2.20. The molecule has 1 heterocycles. The lowest BCUT2D eigenvalue weighted by atomic mass is 9.84. The van der Waals surface area contributed by atoms with Crippen molar-refractivity contribution in [1.29, 1.82) is 0 Å². The number of nitrogens with zero attached hydrogens (tertiary/aromatic N) is 1. The zero-order valence-electron chi connectivity index (χ0n) is 19.0. The zero-order chi connectivity index (χ0) is 22.8. The predicted octanol–water partition coefficient (Wildman–Crippen LogP) is 5.99. The molecule has 0 saturated carbocycles. The van der Waals surface area contributed by atoms with Gasteiger partial charge in [-0.3, -0.25) is 9.69 Å². The van der Waals surface area contributed by atoms with Crippen molar-refractivity contribution in [1.82, 2.24) is 4.90 Å². The monoisotopic (exact) mass is 431 g/mol. The minimum Gasteiger partial charge on any atom is -0.481 e. The van der Waals surface area contributed by atoms with E-state index in [0.717, 1.165) is 60.3 Å². The molecule has 3 aromatic rings. The van der Waals surface area contributed by atoms with E-state index >= 15 is 0 Å². The van der Waals surface area contributed by atoms with Gasteiger partial charge in [0, 0.05) is 13.1 Å². The molecule has 1 N–H and O–H groups in total. The second kappa shape index (κ2) is 9.25. The van der Waals surface area contributed by atoms with Gasteiger partial charge in [0.15, 0.2) is 0 Å². The summed E-state index contributed by atoms with van der Waals surface area (Å²) in [5.41, 5.74) is 10.2. The van der Waals surface area contributed by atoms with Gasteiger partial charge in [-0.15, -0.1) is 0 Å². The highest BCUT2D eigenvalue weighted by molar-refractivity contribution is 5.81. The third-order valence-corrected chi connectivity index (χ3v) is 6.66. The summed E-state index contributed by atoms with van der Waals surface area (Å²) in [5.74, 6) is -0.984. The predicted molar refractivity (Wildman–Crippen MR) is 126 cm³/mol. The molecule has 0 unspecified atom stereocenters. The molecule has 0 fully saturated rings. The Kier molecular flexibility index (Phi) is 6.43. The largest absolute Gasteiger partial charge is 0.481 e. The van der Waals surface area contributed by atoms with Gasteiger partial charge < -0.3 is 5.11 Å². The number of fused-ring (bicyclic) bond motifs is 1. The van der Waals surface area contributed by atoms with E-state index in [1.807, 2.05) is 6.07 Å². The Morgan fingerprint density at radius 3 is 2.34 bits per heavy atom. The minimum atomic E-state index is -0.800. The first-order valence-corrected chi connectivity index (χ1v) is 11.2. The van der Waals surface area contributed by atoms with Crippen LogP contribution in [0.1, 0.15) is 45.4 Å². The first-order chi connectivity index (χ1) is 15.3. The summed E-state index contributed by atoms with van der Waals surface area (Å²) in [6.07, 6.45) is 1.84. The molecule has 4 heteroatoms. The fourth-order valence-electron chi connectivity index (χ4n) is 4.97. The molecule has 3 nitrogen and oxygen atoms in total. The maximum absolute atomic E-state index is 13.4. The Morgan fingerprint density at radius 2 is 1.69 bits per heavy atom. The fraction of sp³-hybridized carbons (Fsp3) is 0.321. The Morgan fingerprint density at radius 1 is 1.00 bits per heavy atom. The lowest BCUT2D eigenvalue weighted by Crippen LogP contribution is -2.18. The SMILES string of the molecule is Cc1ccc(-c2c(C)c3c(c(C)c2CC(=O)O)CN(CCCc2cccc(F)c2)C3)cc1. The summed E-state index contributed by atoms with van der Waals surface area (Å²) in [4.78, 5) is 14.1. The highest BCUT2D eigenvalue weighted by atomic mass is 19.1. The van der Waals surface area contributed by atoms with Crippen LogP contribution in [0.2, 0.25) is 0 Å². The van der Waals surface area contributed by atoms with Crippen molar-refractivity contribution in [2.45, 2.75) is 53.1 Å².